The largest absolute Gasteiger partial charge is 0.756 e. The maximum absolute atomic E-state index is 13.6. The van der Waals surface area contributed by atoms with Gasteiger partial charge in [0.1, 0.15) is 19.3 Å². The third-order valence-electron chi connectivity index (χ3n) is 14.7. The molecular weight excluding hydrogens is 1040 g/mol. The molecule has 0 fully saturated rings. The summed E-state index contributed by atoms with van der Waals surface area (Å²) < 4.78 is 30.4. The molecule has 1 amide bonds. The number of phosphoric acid groups is 1. The Bertz CT molecular complexity index is 1720. The number of quaternary nitrogens is 1. The minimum Gasteiger partial charge on any atom is -0.756 e. The van der Waals surface area contributed by atoms with Crippen molar-refractivity contribution in [2.45, 2.75) is 309 Å². The van der Waals surface area contributed by atoms with Gasteiger partial charge in [-0.15, -0.1) is 0 Å². The average Bonchev–Trinajstić information content (AvgIpc) is 3.47. The van der Waals surface area contributed by atoms with Crippen LogP contribution in [0.5, 0.6) is 0 Å². The fraction of sp³-hybridized carbons (Fsp3) is 0.750. The van der Waals surface area contributed by atoms with Gasteiger partial charge in [0.15, 0.2) is 0 Å². The molecule has 0 aromatic heterocycles. The van der Waals surface area contributed by atoms with Gasteiger partial charge in [-0.2, -0.15) is 0 Å². The molecule has 0 aromatic rings. The van der Waals surface area contributed by atoms with Crippen molar-refractivity contribution < 1.29 is 37.3 Å². The van der Waals surface area contributed by atoms with Gasteiger partial charge < -0.3 is 28.5 Å². The number of allylic oxidation sites excluding steroid dienone is 15. The Balaban J connectivity index is 5.19. The molecule has 0 aliphatic rings. The molecule has 9 nitrogen and oxygen atoms in total. The lowest BCUT2D eigenvalue weighted by molar-refractivity contribution is -0.870. The molecule has 3 atom stereocenters. The van der Waals surface area contributed by atoms with E-state index in [1.165, 1.54) is 148 Å². The van der Waals surface area contributed by atoms with E-state index in [1.807, 2.05) is 33.3 Å². The SMILES string of the molecule is CCCCC/C=C\C/C=C\C/C=C\C/C=C\CCCCCCCCCC(=O)NC(COP(=O)([O-])OCC[N+](C)(C)C)C(/C=C/CCCCCCCCCCCC)OC(=O)CCCCCCCCCC/C=C\C/C=C\C/C=C\CCCCC. The van der Waals surface area contributed by atoms with Crippen molar-refractivity contribution in [3.8, 4) is 0 Å². The number of esters is 1. The van der Waals surface area contributed by atoms with Crippen LogP contribution < -0.4 is 10.2 Å². The zero-order valence-corrected chi connectivity index (χ0v) is 55.1. The molecule has 0 saturated heterocycles. The Labute approximate surface area is 507 Å². The first-order chi connectivity index (χ1) is 39.9. The Morgan fingerprint density at radius 2 is 0.744 bits per heavy atom. The van der Waals surface area contributed by atoms with Crippen LogP contribution in [-0.2, 0) is 27.9 Å². The molecule has 0 aromatic carbocycles. The summed E-state index contributed by atoms with van der Waals surface area (Å²) in [5.74, 6) is -0.561. The molecule has 3 unspecified atom stereocenters. The lowest BCUT2D eigenvalue weighted by Gasteiger charge is -2.30. The number of rotatable bonds is 61. The number of ether oxygens (including phenoxy) is 1. The van der Waals surface area contributed by atoms with Crippen LogP contribution in [-0.4, -0.2) is 69.4 Å². The van der Waals surface area contributed by atoms with Crippen molar-refractivity contribution in [3.63, 3.8) is 0 Å². The zero-order chi connectivity index (χ0) is 60.0. The molecule has 0 saturated carbocycles. The van der Waals surface area contributed by atoms with Gasteiger partial charge in [-0.3, -0.25) is 14.2 Å². The first kappa shape index (κ1) is 78.9. The number of carbonyl (C=O) groups is 2. The smallest absolute Gasteiger partial charge is 0.306 e. The molecule has 0 spiro atoms. The van der Waals surface area contributed by atoms with Crippen molar-refractivity contribution in [2.24, 2.45) is 0 Å². The number of nitrogens with one attached hydrogen (secondary N) is 1. The second-order valence-corrected chi connectivity index (χ2v) is 25.4. The molecular formula is C72H129N2O7P. The van der Waals surface area contributed by atoms with Gasteiger partial charge in [0.2, 0.25) is 5.91 Å². The number of carbonyl (C=O) groups excluding carboxylic acids is 2. The molecule has 1 N–H and O–H groups in total. The maximum Gasteiger partial charge on any atom is 0.306 e. The number of amides is 1. The summed E-state index contributed by atoms with van der Waals surface area (Å²) in [6.07, 6.45) is 82.3. The number of unbranched alkanes of at least 4 members (excludes halogenated alkanes) is 31. The van der Waals surface area contributed by atoms with E-state index < -0.39 is 26.6 Å². The highest BCUT2D eigenvalue weighted by molar-refractivity contribution is 7.45. The van der Waals surface area contributed by atoms with Crippen LogP contribution in [0.3, 0.4) is 0 Å². The van der Waals surface area contributed by atoms with Crippen LogP contribution in [0, 0.1) is 0 Å². The van der Waals surface area contributed by atoms with Crippen LogP contribution in [0.1, 0.15) is 297 Å². The van der Waals surface area contributed by atoms with Crippen LogP contribution in [0.25, 0.3) is 0 Å². The van der Waals surface area contributed by atoms with Crippen molar-refractivity contribution in [3.05, 3.63) is 97.2 Å². The van der Waals surface area contributed by atoms with Crippen molar-refractivity contribution in [1.82, 2.24) is 5.32 Å². The Morgan fingerprint density at radius 1 is 0.427 bits per heavy atom. The summed E-state index contributed by atoms with van der Waals surface area (Å²) in [5, 5.41) is 3.03. The van der Waals surface area contributed by atoms with E-state index in [9.17, 15) is 19.0 Å². The number of phosphoric ester groups is 1. The van der Waals surface area contributed by atoms with Gasteiger partial charge in [0.25, 0.3) is 7.82 Å². The minimum absolute atomic E-state index is 0.0301. The summed E-state index contributed by atoms with van der Waals surface area (Å²) in [4.78, 5) is 40.1. The first-order valence-electron chi connectivity index (χ1n) is 34.0. The lowest BCUT2D eigenvalue weighted by atomic mass is 10.0. The van der Waals surface area contributed by atoms with Crippen molar-refractivity contribution in [1.29, 1.82) is 0 Å². The van der Waals surface area contributed by atoms with Crippen molar-refractivity contribution >= 4 is 19.7 Å². The summed E-state index contributed by atoms with van der Waals surface area (Å²) in [6.45, 7) is 6.78. The Kier molecular flexibility index (Phi) is 58.7. The van der Waals surface area contributed by atoms with Gasteiger partial charge >= 0.3 is 5.97 Å². The summed E-state index contributed by atoms with van der Waals surface area (Å²) in [6, 6.07) is -0.904. The van der Waals surface area contributed by atoms with E-state index in [0.717, 1.165) is 116 Å². The normalized spacial score (nSPS) is 14.2. The van der Waals surface area contributed by atoms with Crippen molar-refractivity contribution in [2.75, 3.05) is 40.9 Å². The van der Waals surface area contributed by atoms with E-state index in [1.54, 1.807) is 0 Å². The number of hydrogen-bond acceptors (Lipinski definition) is 7. The summed E-state index contributed by atoms with van der Waals surface area (Å²) >= 11 is 0. The number of nitrogens with zero attached hydrogens (tertiary/aromatic N) is 1. The quantitative estimate of drug-likeness (QED) is 0.0212. The van der Waals surface area contributed by atoms with Gasteiger partial charge in [-0.1, -0.05) is 266 Å². The Hall–Kier alpha value is -3.07. The first-order valence-corrected chi connectivity index (χ1v) is 35.5. The van der Waals surface area contributed by atoms with E-state index >= 15 is 0 Å². The van der Waals surface area contributed by atoms with Crippen LogP contribution >= 0.6 is 7.82 Å². The van der Waals surface area contributed by atoms with Gasteiger partial charge in [-0.25, -0.2) is 0 Å². The highest BCUT2D eigenvalue weighted by atomic mass is 31.2. The van der Waals surface area contributed by atoms with Crippen LogP contribution in [0.4, 0.5) is 0 Å². The standard InChI is InChI=1S/C72H129N2O7P/c1-7-10-13-16-19-22-25-28-30-32-34-36-37-39-40-42-44-46-49-52-55-58-61-64-71(75)73-69(68-80-82(77,78)79-67-66-74(4,5)6)70(63-60-57-54-51-48-27-24-21-18-15-12-9-3)81-72(76)65-62-59-56-53-50-47-45-43-41-38-35-33-31-29-26-23-20-17-14-11-8-2/h19-20,22-23,28-31,34-36,38-40,60,63,69-70H,7-18,21,24-27,32-33,37,41-59,61-62,64-68H2,1-6H3,(H-,73,75,77,78)/b22-19-,23-20-,30-28-,31-29-,36-34-,38-35-,40-39-,63-60+. The number of likely N-dealkylation sites (N-methyl/N-ethyl adjacent to an activating group) is 1. The fourth-order valence-corrected chi connectivity index (χ4v) is 10.2. The molecule has 0 aliphatic carbocycles. The monoisotopic (exact) mass is 1160 g/mol. The second-order valence-electron chi connectivity index (χ2n) is 24.0. The molecule has 0 bridgehead atoms. The predicted molar refractivity (Wildman–Crippen MR) is 353 cm³/mol. The maximum atomic E-state index is 13.6. The summed E-state index contributed by atoms with van der Waals surface area (Å²) in [5.41, 5.74) is 0. The van der Waals surface area contributed by atoms with E-state index in [-0.39, 0.29) is 24.9 Å². The van der Waals surface area contributed by atoms with E-state index in [2.05, 4.69) is 111 Å². The zero-order valence-electron chi connectivity index (χ0n) is 54.2. The molecule has 0 aliphatic heterocycles. The molecule has 474 valence electrons. The summed E-state index contributed by atoms with van der Waals surface area (Å²) in [7, 11) is 1.16. The van der Waals surface area contributed by atoms with Gasteiger partial charge in [-0.05, 0) is 115 Å². The van der Waals surface area contributed by atoms with E-state index in [0.29, 0.717) is 17.4 Å². The molecule has 82 heavy (non-hydrogen) atoms. The Morgan fingerprint density at radius 3 is 1.13 bits per heavy atom. The third-order valence-corrected chi connectivity index (χ3v) is 15.7. The highest BCUT2D eigenvalue weighted by Crippen LogP contribution is 2.38. The number of hydrogen-bond donors (Lipinski definition) is 1. The average molecular weight is 1170 g/mol. The van der Waals surface area contributed by atoms with Crippen LogP contribution in [0.15, 0.2) is 97.2 Å². The molecule has 10 heteroatoms. The highest BCUT2D eigenvalue weighted by Gasteiger charge is 2.27. The van der Waals surface area contributed by atoms with Crippen LogP contribution in [0.2, 0.25) is 0 Å². The molecule has 0 heterocycles. The minimum atomic E-state index is -4.71. The third kappa shape index (κ3) is 61.5. The van der Waals surface area contributed by atoms with Gasteiger partial charge in [0.05, 0.1) is 33.8 Å². The molecule has 0 rings (SSSR count). The molecule has 0 radical (unpaired) electrons. The van der Waals surface area contributed by atoms with E-state index in [4.69, 9.17) is 13.8 Å². The predicted octanol–water partition coefficient (Wildman–Crippen LogP) is 20.9. The topological polar surface area (TPSA) is 114 Å². The fourth-order valence-electron chi connectivity index (χ4n) is 9.45. The second kappa shape index (κ2) is 61.0. The lowest BCUT2D eigenvalue weighted by Crippen LogP contribution is -2.47. The van der Waals surface area contributed by atoms with Gasteiger partial charge in [0, 0.05) is 12.8 Å².